The standard InChI is InChI=1S/C15H22/c1-6-11-15(4,5)14-9-7-13(8-10-14)12(2)3/h7-10H,2,6,11H2,1,3-5H3. The minimum Gasteiger partial charge on any atom is -0.0955 e. The van der Waals surface area contributed by atoms with Crippen molar-refractivity contribution in [1.29, 1.82) is 0 Å². The normalized spacial score (nSPS) is 11.5. The first kappa shape index (κ1) is 12.0. The summed E-state index contributed by atoms with van der Waals surface area (Å²) in [5.41, 5.74) is 4.10. The molecule has 0 heterocycles. The van der Waals surface area contributed by atoms with Crippen LogP contribution in [0, 0.1) is 0 Å². The van der Waals surface area contributed by atoms with E-state index in [1.807, 2.05) is 6.92 Å². The Morgan fingerprint density at radius 3 is 2.13 bits per heavy atom. The molecule has 0 radical (unpaired) electrons. The number of allylic oxidation sites excluding steroid dienone is 1. The van der Waals surface area contributed by atoms with E-state index in [2.05, 4.69) is 51.6 Å². The van der Waals surface area contributed by atoms with E-state index in [1.54, 1.807) is 0 Å². The fraction of sp³-hybridized carbons (Fsp3) is 0.467. The maximum Gasteiger partial charge on any atom is -0.0104 e. The van der Waals surface area contributed by atoms with Crippen molar-refractivity contribution in [2.24, 2.45) is 0 Å². The fourth-order valence-electron chi connectivity index (χ4n) is 1.98. The molecule has 0 aliphatic rings. The lowest BCUT2D eigenvalue weighted by Gasteiger charge is -2.24. The first-order chi connectivity index (χ1) is 6.97. The molecule has 0 atom stereocenters. The first-order valence-corrected chi connectivity index (χ1v) is 5.74. The van der Waals surface area contributed by atoms with Gasteiger partial charge >= 0.3 is 0 Å². The third-order valence-corrected chi connectivity index (χ3v) is 3.03. The van der Waals surface area contributed by atoms with Gasteiger partial charge in [-0.25, -0.2) is 0 Å². The molecule has 0 saturated carbocycles. The monoisotopic (exact) mass is 202 g/mol. The van der Waals surface area contributed by atoms with Crippen LogP contribution in [0.3, 0.4) is 0 Å². The largest absolute Gasteiger partial charge is 0.0955 e. The van der Waals surface area contributed by atoms with Crippen molar-refractivity contribution >= 4 is 5.57 Å². The molecular formula is C15H22. The zero-order valence-electron chi connectivity index (χ0n) is 10.4. The molecule has 0 bridgehead atoms. The van der Waals surface area contributed by atoms with E-state index in [0.29, 0.717) is 5.41 Å². The van der Waals surface area contributed by atoms with Crippen LogP contribution in [0.5, 0.6) is 0 Å². The zero-order valence-corrected chi connectivity index (χ0v) is 10.4. The van der Waals surface area contributed by atoms with Gasteiger partial charge in [0, 0.05) is 0 Å². The highest BCUT2D eigenvalue weighted by atomic mass is 14.2. The molecule has 0 spiro atoms. The van der Waals surface area contributed by atoms with E-state index >= 15 is 0 Å². The second kappa shape index (κ2) is 4.65. The van der Waals surface area contributed by atoms with Crippen LogP contribution in [0.15, 0.2) is 30.8 Å². The third kappa shape index (κ3) is 2.95. The van der Waals surface area contributed by atoms with Crippen LogP contribution >= 0.6 is 0 Å². The quantitative estimate of drug-likeness (QED) is 0.658. The average Bonchev–Trinajstić information content (AvgIpc) is 2.18. The van der Waals surface area contributed by atoms with Gasteiger partial charge in [0.1, 0.15) is 0 Å². The molecule has 0 fully saturated rings. The van der Waals surface area contributed by atoms with Gasteiger partial charge in [-0.05, 0) is 29.9 Å². The molecule has 0 aliphatic heterocycles. The van der Waals surface area contributed by atoms with Gasteiger partial charge in [-0.15, -0.1) is 0 Å². The van der Waals surface area contributed by atoms with E-state index in [9.17, 15) is 0 Å². The highest BCUT2D eigenvalue weighted by Gasteiger charge is 2.18. The Hall–Kier alpha value is -1.04. The lowest BCUT2D eigenvalue weighted by atomic mass is 9.80. The van der Waals surface area contributed by atoms with Crippen LogP contribution in [-0.2, 0) is 5.41 Å². The zero-order chi connectivity index (χ0) is 11.5. The molecule has 0 aromatic heterocycles. The minimum absolute atomic E-state index is 0.294. The van der Waals surface area contributed by atoms with Crippen LogP contribution in [0.1, 0.15) is 51.7 Å². The molecular weight excluding hydrogens is 180 g/mol. The van der Waals surface area contributed by atoms with E-state index in [0.717, 1.165) is 5.57 Å². The SMILES string of the molecule is C=C(C)c1ccc(C(C)(C)CCC)cc1. The summed E-state index contributed by atoms with van der Waals surface area (Å²) < 4.78 is 0. The Bertz CT molecular complexity index is 328. The molecule has 15 heavy (non-hydrogen) atoms. The van der Waals surface area contributed by atoms with Gasteiger partial charge in [0.2, 0.25) is 0 Å². The van der Waals surface area contributed by atoms with Crippen molar-refractivity contribution < 1.29 is 0 Å². The van der Waals surface area contributed by atoms with Crippen LogP contribution in [0.4, 0.5) is 0 Å². The number of hydrogen-bond donors (Lipinski definition) is 0. The van der Waals surface area contributed by atoms with E-state index in [-0.39, 0.29) is 0 Å². The predicted molar refractivity (Wildman–Crippen MR) is 69.1 cm³/mol. The molecule has 0 unspecified atom stereocenters. The highest BCUT2D eigenvalue weighted by molar-refractivity contribution is 5.61. The smallest absolute Gasteiger partial charge is 0.0104 e. The Kier molecular flexibility index (Phi) is 3.73. The van der Waals surface area contributed by atoms with Gasteiger partial charge in [-0.2, -0.15) is 0 Å². The molecule has 0 saturated heterocycles. The summed E-state index contributed by atoms with van der Waals surface area (Å²) in [7, 11) is 0. The van der Waals surface area contributed by atoms with Gasteiger partial charge in [0.05, 0.1) is 0 Å². The Morgan fingerprint density at radius 1 is 1.20 bits per heavy atom. The lowest BCUT2D eigenvalue weighted by Crippen LogP contribution is -2.16. The molecule has 0 nitrogen and oxygen atoms in total. The Labute approximate surface area is 94.0 Å². The number of benzene rings is 1. The summed E-state index contributed by atoms with van der Waals surface area (Å²) in [4.78, 5) is 0. The van der Waals surface area contributed by atoms with Gasteiger partial charge in [0.25, 0.3) is 0 Å². The molecule has 0 aliphatic carbocycles. The van der Waals surface area contributed by atoms with Crippen molar-refractivity contribution in [2.45, 2.75) is 46.0 Å². The first-order valence-electron chi connectivity index (χ1n) is 5.74. The third-order valence-electron chi connectivity index (χ3n) is 3.03. The molecule has 1 rings (SSSR count). The summed E-state index contributed by atoms with van der Waals surface area (Å²) >= 11 is 0. The van der Waals surface area contributed by atoms with Crippen LogP contribution in [0.2, 0.25) is 0 Å². The van der Waals surface area contributed by atoms with Crippen LogP contribution in [0.25, 0.3) is 5.57 Å². The number of hydrogen-bond acceptors (Lipinski definition) is 0. The van der Waals surface area contributed by atoms with Crippen LogP contribution in [-0.4, -0.2) is 0 Å². The van der Waals surface area contributed by atoms with Crippen molar-refractivity contribution in [3.05, 3.63) is 42.0 Å². The second-order valence-electron chi connectivity index (χ2n) is 4.99. The molecule has 0 heteroatoms. The molecule has 1 aromatic rings. The van der Waals surface area contributed by atoms with Crippen LogP contribution < -0.4 is 0 Å². The van der Waals surface area contributed by atoms with E-state index < -0.39 is 0 Å². The maximum absolute atomic E-state index is 3.95. The second-order valence-corrected chi connectivity index (χ2v) is 4.99. The van der Waals surface area contributed by atoms with Crippen molar-refractivity contribution in [2.75, 3.05) is 0 Å². The van der Waals surface area contributed by atoms with Gasteiger partial charge in [0.15, 0.2) is 0 Å². The summed E-state index contributed by atoms with van der Waals surface area (Å²) in [6, 6.07) is 8.82. The van der Waals surface area contributed by atoms with Gasteiger partial charge < -0.3 is 0 Å². The van der Waals surface area contributed by atoms with E-state index in [4.69, 9.17) is 0 Å². The highest BCUT2D eigenvalue weighted by Crippen LogP contribution is 2.29. The Balaban J connectivity index is 2.93. The predicted octanol–water partition coefficient (Wildman–Crippen LogP) is 4.80. The van der Waals surface area contributed by atoms with Gasteiger partial charge in [-0.1, -0.05) is 63.6 Å². The molecule has 1 aromatic carbocycles. The van der Waals surface area contributed by atoms with Crippen molar-refractivity contribution in [3.63, 3.8) is 0 Å². The van der Waals surface area contributed by atoms with Crippen molar-refractivity contribution in [1.82, 2.24) is 0 Å². The van der Waals surface area contributed by atoms with Gasteiger partial charge in [-0.3, -0.25) is 0 Å². The maximum atomic E-state index is 3.95. The molecule has 0 N–H and O–H groups in total. The average molecular weight is 202 g/mol. The van der Waals surface area contributed by atoms with Crippen molar-refractivity contribution in [3.8, 4) is 0 Å². The minimum atomic E-state index is 0.294. The molecule has 82 valence electrons. The number of rotatable bonds is 4. The Morgan fingerprint density at radius 2 is 1.73 bits per heavy atom. The summed E-state index contributed by atoms with van der Waals surface area (Å²) in [5.74, 6) is 0. The summed E-state index contributed by atoms with van der Waals surface area (Å²) in [6.45, 7) is 12.9. The topological polar surface area (TPSA) is 0 Å². The molecule has 0 amide bonds. The summed E-state index contributed by atoms with van der Waals surface area (Å²) in [5, 5.41) is 0. The fourth-order valence-corrected chi connectivity index (χ4v) is 1.98. The summed E-state index contributed by atoms with van der Waals surface area (Å²) in [6.07, 6.45) is 2.47. The van der Waals surface area contributed by atoms with E-state index in [1.165, 1.54) is 24.0 Å². The lowest BCUT2D eigenvalue weighted by molar-refractivity contribution is 0.473.